The van der Waals surface area contributed by atoms with Gasteiger partial charge in [0.15, 0.2) is 0 Å². The molecule has 316 valence electrons. The van der Waals surface area contributed by atoms with Gasteiger partial charge in [0.1, 0.15) is 12.2 Å². The van der Waals surface area contributed by atoms with Gasteiger partial charge in [-0.25, -0.2) is 9.59 Å². The summed E-state index contributed by atoms with van der Waals surface area (Å²) in [6.07, 6.45) is 0.585. The second kappa shape index (κ2) is 20.3. The van der Waals surface area contributed by atoms with Gasteiger partial charge in [0.2, 0.25) is 23.6 Å². The quantitative estimate of drug-likeness (QED) is 0.123. The molecule has 4 aliphatic carbocycles. The molecule has 6 rings (SSSR count). The van der Waals surface area contributed by atoms with Crippen LogP contribution in [0.15, 0.2) is 60.7 Å². The number of hydrogen-bond donors (Lipinski definition) is 5. The molecule has 0 heterocycles. The number of nitrogens with one attached hydrogen (secondary N) is 5. The molecule has 15 nitrogen and oxygen atoms in total. The number of carbonyl (C=O) groups excluding carboxylic acids is 6. The molecular formula is C42H58ClN7O8. The number of ether oxygens (including phenoxy) is 2. The van der Waals surface area contributed by atoms with E-state index in [4.69, 9.17) is 9.47 Å². The molecule has 16 heteroatoms. The highest BCUT2D eigenvalue weighted by molar-refractivity contribution is 6.02. The Kier molecular flexibility index (Phi) is 15.5. The molecule has 5 N–H and O–H groups in total. The summed E-state index contributed by atoms with van der Waals surface area (Å²) in [5, 5.41) is 14.1. The van der Waals surface area contributed by atoms with E-state index in [1.54, 1.807) is 48.5 Å². The minimum Gasteiger partial charge on any atom is -0.446 e. The predicted molar refractivity (Wildman–Crippen MR) is 220 cm³/mol. The summed E-state index contributed by atoms with van der Waals surface area (Å²) in [5.74, 6) is -6.65. The molecule has 4 fully saturated rings. The van der Waals surface area contributed by atoms with Crippen molar-refractivity contribution in [2.75, 3.05) is 65.0 Å². The second-order valence-electron chi connectivity index (χ2n) is 16.5. The Morgan fingerprint density at radius 1 is 0.552 bits per heavy atom. The highest BCUT2D eigenvalue weighted by Crippen LogP contribution is 2.55. The van der Waals surface area contributed by atoms with E-state index in [1.807, 2.05) is 50.1 Å². The molecule has 0 aromatic heterocycles. The van der Waals surface area contributed by atoms with Gasteiger partial charge in [-0.1, -0.05) is 36.4 Å². The van der Waals surface area contributed by atoms with Crippen LogP contribution in [0.3, 0.4) is 0 Å². The van der Waals surface area contributed by atoms with Crippen LogP contribution in [0.4, 0.5) is 21.0 Å². The summed E-state index contributed by atoms with van der Waals surface area (Å²) >= 11 is 0. The van der Waals surface area contributed by atoms with Crippen molar-refractivity contribution in [3.8, 4) is 0 Å². The Morgan fingerprint density at radius 2 is 0.931 bits per heavy atom. The highest BCUT2D eigenvalue weighted by Gasteiger charge is 2.62. The van der Waals surface area contributed by atoms with Crippen molar-refractivity contribution in [3.63, 3.8) is 0 Å². The van der Waals surface area contributed by atoms with E-state index >= 15 is 0 Å². The Balaban J connectivity index is 0.00000641. The fourth-order valence-corrected chi connectivity index (χ4v) is 9.69. The van der Waals surface area contributed by atoms with Crippen LogP contribution in [0.25, 0.3) is 0 Å². The Bertz CT molecular complexity index is 1630. The number of amides is 6. The first-order chi connectivity index (χ1) is 27.4. The van der Waals surface area contributed by atoms with E-state index in [0.29, 0.717) is 50.1 Å². The van der Waals surface area contributed by atoms with Crippen LogP contribution in [-0.4, -0.2) is 112 Å². The lowest BCUT2D eigenvalue weighted by Gasteiger charge is -2.36. The second-order valence-corrected chi connectivity index (χ2v) is 16.5. The Morgan fingerprint density at radius 3 is 1.29 bits per heavy atom. The molecule has 6 amide bonds. The van der Waals surface area contributed by atoms with E-state index in [-0.39, 0.29) is 36.1 Å². The van der Waals surface area contributed by atoms with E-state index in [0.717, 1.165) is 25.9 Å². The van der Waals surface area contributed by atoms with Gasteiger partial charge in [-0.15, -0.1) is 12.4 Å². The molecule has 0 spiro atoms. The average molecular weight is 824 g/mol. The summed E-state index contributed by atoms with van der Waals surface area (Å²) in [7, 11) is 7.80. The van der Waals surface area contributed by atoms with Gasteiger partial charge in [-0.3, -0.25) is 35.1 Å². The topological polar surface area (TPSA) is 188 Å². The molecular weight excluding hydrogens is 766 g/mol. The van der Waals surface area contributed by atoms with Gasteiger partial charge in [-0.2, -0.15) is 0 Å². The fourth-order valence-electron chi connectivity index (χ4n) is 9.69. The zero-order chi connectivity index (χ0) is 40.6. The first-order valence-corrected chi connectivity index (χ1v) is 20.1. The first-order valence-electron chi connectivity index (χ1n) is 20.1. The fraction of sp³-hybridized carbons (Fsp3) is 0.571. The molecule has 4 aliphatic rings. The van der Waals surface area contributed by atoms with Gasteiger partial charge >= 0.3 is 12.2 Å². The maximum Gasteiger partial charge on any atom is 0.411 e. The number of carbonyl (C=O) groups is 6. The SMILES string of the molecule is CN(C)CCCNC(=O)C1C2CC(OC(=O)Nc3ccccc3)C(C2)C1C(=O)NC(=O)C1C2CC(CC2OC(=O)Nc2ccccc2)C1C(=O)NCCCN(C)C.Cl. The monoisotopic (exact) mass is 823 g/mol. The number of anilines is 2. The summed E-state index contributed by atoms with van der Waals surface area (Å²) in [6, 6.07) is 17.7. The summed E-state index contributed by atoms with van der Waals surface area (Å²) in [5.41, 5.74) is 1.12. The number of nitrogens with zero attached hydrogens (tertiary/aromatic N) is 2. The molecule has 2 aromatic rings. The van der Waals surface area contributed by atoms with Crippen molar-refractivity contribution >= 4 is 59.6 Å². The molecule has 58 heavy (non-hydrogen) atoms. The lowest BCUT2D eigenvalue weighted by Crippen LogP contribution is -2.53. The molecule has 10 atom stereocenters. The smallest absolute Gasteiger partial charge is 0.411 e. The van der Waals surface area contributed by atoms with Gasteiger partial charge in [0.05, 0.1) is 23.7 Å². The molecule has 0 saturated heterocycles. The third-order valence-corrected chi connectivity index (χ3v) is 12.1. The van der Waals surface area contributed by atoms with Crippen molar-refractivity contribution in [1.29, 1.82) is 0 Å². The first kappa shape index (κ1) is 44.4. The number of halogens is 1. The van der Waals surface area contributed by atoms with E-state index in [2.05, 4.69) is 26.6 Å². The van der Waals surface area contributed by atoms with Crippen molar-refractivity contribution < 1.29 is 38.2 Å². The third-order valence-electron chi connectivity index (χ3n) is 12.1. The van der Waals surface area contributed by atoms with Gasteiger partial charge in [0, 0.05) is 36.3 Å². The van der Waals surface area contributed by atoms with Gasteiger partial charge in [0.25, 0.3) is 0 Å². The Labute approximate surface area is 346 Å². The number of hydrogen-bond acceptors (Lipinski definition) is 10. The summed E-state index contributed by atoms with van der Waals surface area (Å²) in [6.45, 7) is 2.39. The zero-order valence-electron chi connectivity index (χ0n) is 33.7. The molecule has 0 radical (unpaired) electrons. The standard InChI is InChI=1S/C42H57N7O8.ClH/c1-48(2)19-11-17-43-37(50)33-25-21-29(31(23-25)56-41(54)45-27-13-7-5-8-14-27)35(33)39(52)47-40(53)36-30-22-26(34(36)38(51)44-18-12-20-49(3)4)24-32(30)57-42(55)46-28-15-9-6-10-16-28;/h5-10,13-16,25-26,29-36H,11-12,17-24H2,1-4H3,(H,43,50)(H,44,51)(H,45,54)(H,46,55)(H,47,52,53);1H. The van der Waals surface area contributed by atoms with Crippen LogP contribution in [0.2, 0.25) is 0 Å². The number of para-hydroxylation sites is 2. The van der Waals surface area contributed by atoms with Crippen molar-refractivity contribution in [1.82, 2.24) is 25.8 Å². The Hall–Kier alpha value is -4.73. The number of imide groups is 1. The van der Waals surface area contributed by atoms with E-state index in [1.165, 1.54) is 0 Å². The average Bonchev–Trinajstić information content (AvgIpc) is 3.95. The number of benzene rings is 2. The summed E-state index contributed by atoms with van der Waals surface area (Å²) in [4.78, 5) is 86.4. The molecule has 4 bridgehead atoms. The van der Waals surface area contributed by atoms with Crippen LogP contribution in [-0.2, 0) is 28.7 Å². The predicted octanol–water partition coefficient (Wildman–Crippen LogP) is 3.97. The minimum absolute atomic E-state index is 0. The normalized spacial score (nSPS) is 27.7. The van der Waals surface area contributed by atoms with Crippen LogP contribution in [0.5, 0.6) is 0 Å². The molecule has 4 saturated carbocycles. The van der Waals surface area contributed by atoms with E-state index < -0.39 is 71.7 Å². The largest absolute Gasteiger partial charge is 0.446 e. The van der Waals surface area contributed by atoms with Crippen LogP contribution < -0.4 is 26.6 Å². The molecule has 0 aliphatic heterocycles. The van der Waals surface area contributed by atoms with Gasteiger partial charge in [-0.05, 0) is 116 Å². The lowest BCUT2D eigenvalue weighted by atomic mass is 9.75. The van der Waals surface area contributed by atoms with Crippen LogP contribution in [0, 0.1) is 47.3 Å². The lowest BCUT2D eigenvalue weighted by molar-refractivity contribution is -0.147. The van der Waals surface area contributed by atoms with Crippen LogP contribution in [0.1, 0.15) is 38.5 Å². The maximum atomic E-state index is 14.4. The highest BCUT2D eigenvalue weighted by atomic mass is 35.5. The molecule has 2 aromatic carbocycles. The van der Waals surface area contributed by atoms with Crippen molar-refractivity contribution in [3.05, 3.63) is 60.7 Å². The van der Waals surface area contributed by atoms with Crippen LogP contribution >= 0.6 is 12.4 Å². The summed E-state index contributed by atoms with van der Waals surface area (Å²) < 4.78 is 11.7. The minimum atomic E-state index is -0.948. The maximum absolute atomic E-state index is 14.4. The van der Waals surface area contributed by atoms with Crippen molar-refractivity contribution in [2.45, 2.75) is 50.7 Å². The van der Waals surface area contributed by atoms with E-state index in [9.17, 15) is 28.8 Å². The third kappa shape index (κ3) is 10.9. The van der Waals surface area contributed by atoms with Gasteiger partial charge < -0.3 is 29.9 Å². The number of rotatable bonds is 16. The number of fused-ring (bicyclic) bond motifs is 4. The van der Waals surface area contributed by atoms with Crippen molar-refractivity contribution in [2.24, 2.45) is 47.3 Å². The molecule has 10 unspecified atom stereocenters. The zero-order valence-corrected chi connectivity index (χ0v) is 34.5.